The van der Waals surface area contributed by atoms with Gasteiger partial charge in [-0.3, -0.25) is 0 Å². The minimum absolute atomic E-state index is 0.0521. The highest BCUT2D eigenvalue weighted by atomic mass is 32.2. The predicted molar refractivity (Wildman–Crippen MR) is 64.6 cm³/mol. The summed E-state index contributed by atoms with van der Waals surface area (Å²) in [6, 6.07) is 2.99. The van der Waals surface area contributed by atoms with Crippen molar-refractivity contribution in [3.8, 4) is 5.75 Å². The Hall–Kier alpha value is -1.18. The van der Waals surface area contributed by atoms with E-state index in [1.165, 1.54) is 20.3 Å². The van der Waals surface area contributed by atoms with Crippen LogP contribution in [0.4, 0.5) is 4.39 Å². The fourth-order valence-corrected chi connectivity index (χ4v) is 2.67. The first kappa shape index (κ1) is 14.9. The van der Waals surface area contributed by atoms with E-state index in [4.69, 9.17) is 9.47 Å². The minimum atomic E-state index is -3.71. The van der Waals surface area contributed by atoms with Crippen LogP contribution in [-0.4, -0.2) is 35.3 Å². The number of rotatable bonds is 6. The summed E-state index contributed by atoms with van der Waals surface area (Å²) < 4.78 is 49.1. The third-order valence-corrected chi connectivity index (χ3v) is 3.79. The van der Waals surface area contributed by atoms with Gasteiger partial charge in [0.15, 0.2) is 11.6 Å². The van der Waals surface area contributed by atoms with Gasteiger partial charge < -0.3 is 9.47 Å². The van der Waals surface area contributed by atoms with Crippen molar-refractivity contribution < 1.29 is 22.3 Å². The normalized spacial score (nSPS) is 13.3. The van der Waals surface area contributed by atoms with E-state index in [1.807, 2.05) is 0 Å². The molecule has 0 amide bonds. The SMILES string of the molecule is COC[C@H](C)NS(=O)(=O)c1ccc(F)c(OC)c1. The van der Waals surface area contributed by atoms with E-state index in [1.54, 1.807) is 6.92 Å². The summed E-state index contributed by atoms with van der Waals surface area (Å²) in [7, 11) is -0.956. The molecule has 0 saturated heterocycles. The van der Waals surface area contributed by atoms with E-state index in [2.05, 4.69) is 4.72 Å². The molecule has 1 N–H and O–H groups in total. The second kappa shape index (κ2) is 6.12. The van der Waals surface area contributed by atoms with Crippen LogP contribution in [0.1, 0.15) is 6.92 Å². The Morgan fingerprint density at radius 3 is 2.61 bits per heavy atom. The number of ether oxygens (including phenoxy) is 2. The molecule has 0 radical (unpaired) electrons. The van der Waals surface area contributed by atoms with Crippen molar-refractivity contribution in [2.45, 2.75) is 17.9 Å². The van der Waals surface area contributed by atoms with Crippen LogP contribution in [0.2, 0.25) is 0 Å². The van der Waals surface area contributed by atoms with Crippen molar-refractivity contribution >= 4 is 10.0 Å². The van der Waals surface area contributed by atoms with Crippen molar-refractivity contribution in [3.63, 3.8) is 0 Å². The lowest BCUT2D eigenvalue weighted by molar-refractivity contribution is 0.180. The molecule has 0 aliphatic heterocycles. The van der Waals surface area contributed by atoms with Crippen LogP contribution in [0.25, 0.3) is 0 Å². The molecule has 0 aliphatic rings. The van der Waals surface area contributed by atoms with Crippen molar-refractivity contribution in [1.29, 1.82) is 0 Å². The minimum Gasteiger partial charge on any atom is -0.494 e. The van der Waals surface area contributed by atoms with Gasteiger partial charge in [-0.1, -0.05) is 0 Å². The maximum absolute atomic E-state index is 13.2. The van der Waals surface area contributed by atoms with E-state index in [9.17, 15) is 12.8 Å². The number of benzene rings is 1. The van der Waals surface area contributed by atoms with Gasteiger partial charge in [0, 0.05) is 19.2 Å². The number of nitrogens with one attached hydrogen (secondary N) is 1. The van der Waals surface area contributed by atoms with Gasteiger partial charge in [0.1, 0.15) is 0 Å². The summed E-state index contributed by atoms with van der Waals surface area (Å²) in [5.41, 5.74) is 0. The maximum Gasteiger partial charge on any atom is 0.241 e. The van der Waals surface area contributed by atoms with Crippen LogP contribution in [0.3, 0.4) is 0 Å². The van der Waals surface area contributed by atoms with Crippen LogP contribution >= 0.6 is 0 Å². The summed E-state index contributed by atoms with van der Waals surface area (Å²) in [5, 5.41) is 0. The van der Waals surface area contributed by atoms with Gasteiger partial charge in [-0.2, -0.15) is 0 Å². The molecule has 102 valence electrons. The third-order valence-electron chi connectivity index (χ3n) is 2.21. The van der Waals surface area contributed by atoms with Gasteiger partial charge >= 0.3 is 0 Å². The molecule has 0 aromatic heterocycles. The summed E-state index contributed by atoms with van der Waals surface area (Å²) >= 11 is 0. The average molecular weight is 277 g/mol. The lowest BCUT2D eigenvalue weighted by Gasteiger charge is -2.13. The second-order valence-corrected chi connectivity index (χ2v) is 5.49. The zero-order valence-corrected chi connectivity index (χ0v) is 11.3. The largest absolute Gasteiger partial charge is 0.494 e. The van der Waals surface area contributed by atoms with Crippen molar-refractivity contribution in [1.82, 2.24) is 4.72 Å². The van der Waals surface area contributed by atoms with Crippen LogP contribution in [0, 0.1) is 5.82 Å². The molecule has 0 saturated carbocycles. The lowest BCUT2D eigenvalue weighted by Crippen LogP contribution is -2.35. The van der Waals surface area contributed by atoms with Gasteiger partial charge in [-0.15, -0.1) is 0 Å². The van der Waals surface area contributed by atoms with Crippen molar-refractivity contribution in [2.75, 3.05) is 20.8 Å². The summed E-state index contributed by atoms with van der Waals surface area (Å²) in [6.07, 6.45) is 0. The molecule has 0 aliphatic carbocycles. The molecule has 0 heterocycles. The van der Waals surface area contributed by atoms with Gasteiger partial charge in [0.05, 0.1) is 18.6 Å². The highest BCUT2D eigenvalue weighted by molar-refractivity contribution is 7.89. The zero-order valence-electron chi connectivity index (χ0n) is 10.4. The monoisotopic (exact) mass is 277 g/mol. The Kier molecular flexibility index (Phi) is 5.06. The van der Waals surface area contributed by atoms with Gasteiger partial charge in [0.25, 0.3) is 0 Å². The Bertz CT molecular complexity index is 504. The number of hydrogen-bond acceptors (Lipinski definition) is 4. The van der Waals surface area contributed by atoms with Gasteiger partial charge in [-0.05, 0) is 19.1 Å². The fourth-order valence-electron chi connectivity index (χ4n) is 1.42. The Morgan fingerprint density at radius 1 is 1.39 bits per heavy atom. The number of hydrogen-bond donors (Lipinski definition) is 1. The number of halogens is 1. The number of sulfonamides is 1. The van der Waals surface area contributed by atoms with Crippen LogP contribution in [0.15, 0.2) is 23.1 Å². The highest BCUT2D eigenvalue weighted by Gasteiger charge is 2.19. The smallest absolute Gasteiger partial charge is 0.241 e. The van der Waals surface area contributed by atoms with E-state index < -0.39 is 15.8 Å². The Labute approximate surface area is 106 Å². The summed E-state index contributed by atoms with van der Waals surface area (Å²) in [5.74, 6) is -0.723. The molecule has 1 atom stereocenters. The van der Waals surface area contributed by atoms with Crippen LogP contribution < -0.4 is 9.46 Å². The molecule has 0 fully saturated rings. The molecule has 18 heavy (non-hydrogen) atoms. The van der Waals surface area contributed by atoms with Crippen molar-refractivity contribution in [3.05, 3.63) is 24.0 Å². The molecule has 1 rings (SSSR count). The molecule has 0 bridgehead atoms. The van der Waals surface area contributed by atoms with E-state index >= 15 is 0 Å². The van der Waals surface area contributed by atoms with Crippen LogP contribution in [-0.2, 0) is 14.8 Å². The van der Waals surface area contributed by atoms with E-state index in [0.717, 1.165) is 12.1 Å². The lowest BCUT2D eigenvalue weighted by atomic mass is 10.3. The standard InChI is InChI=1S/C11H16FNO4S/c1-8(7-16-2)13-18(14,15)9-4-5-10(12)11(6-9)17-3/h4-6,8,13H,7H2,1-3H3/t8-/m0/s1. The quantitative estimate of drug-likeness (QED) is 0.847. The van der Waals surface area contributed by atoms with Crippen molar-refractivity contribution in [2.24, 2.45) is 0 Å². The molecule has 0 spiro atoms. The fraction of sp³-hybridized carbons (Fsp3) is 0.455. The summed E-state index contributed by atoms with van der Waals surface area (Å²) in [4.78, 5) is -0.0521. The average Bonchev–Trinajstić information content (AvgIpc) is 2.28. The molecule has 1 aromatic carbocycles. The second-order valence-electron chi connectivity index (χ2n) is 3.77. The topological polar surface area (TPSA) is 64.6 Å². The first-order valence-electron chi connectivity index (χ1n) is 5.25. The molecule has 7 heteroatoms. The van der Waals surface area contributed by atoms with Gasteiger partial charge in [0.2, 0.25) is 10.0 Å². The first-order valence-corrected chi connectivity index (χ1v) is 6.74. The Balaban J connectivity index is 2.98. The molecule has 1 aromatic rings. The molecule has 5 nitrogen and oxygen atoms in total. The highest BCUT2D eigenvalue weighted by Crippen LogP contribution is 2.21. The molecular formula is C11H16FNO4S. The molecular weight excluding hydrogens is 261 g/mol. The maximum atomic E-state index is 13.2. The summed E-state index contributed by atoms with van der Waals surface area (Å²) in [6.45, 7) is 1.92. The zero-order chi connectivity index (χ0) is 13.8. The molecule has 0 unspecified atom stereocenters. The Morgan fingerprint density at radius 2 is 2.06 bits per heavy atom. The van der Waals surface area contributed by atoms with E-state index in [0.29, 0.717) is 0 Å². The van der Waals surface area contributed by atoms with E-state index in [-0.39, 0.29) is 23.3 Å². The predicted octanol–water partition coefficient (Wildman–Crippen LogP) is 1.15. The third kappa shape index (κ3) is 3.66. The van der Waals surface area contributed by atoms with Gasteiger partial charge in [-0.25, -0.2) is 17.5 Å². The first-order chi connectivity index (χ1) is 8.40. The number of methoxy groups -OCH3 is 2. The van der Waals surface area contributed by atoms with Crippen LogP contribution in [0.5, 0.6) is 5.75 Å².